The van der Waals surface area contributed by atoms with Crippen LogP contribution in [-0.4, -0.2) is 28.9 Å². The lowest BCUT2D eigenvalue weighted by Gasteiger charge is -2.36. The SMILES string of the molecule is CC.CC[C@@]1(OCOP(C)(=O)O)C(=O)OCc2c1cc1n(c2=O)CC2C=c3ccccc3=NC12. The minimum absolute atomic E-state index is 0.0266. The van der Waals surface area contributed by atoms with Gasteiger partial charge in [-0.05, 0) is 23.8 Å². The molecule has 2 aromatic rings. The van der Waals surface area contributed by atoms with Crippen LogP contribution in [0.4, 0.5) is 0 Å². The summed E-state index contributed by atoms with van der Waals surface area (Å²) in [6, 6.07) is 9.37. The number of ether oxygens (including phenoxy) is 2. The summed E-state index contributed by atoms with van der Waals surface area (Å²) in [5, 5.41) is 1.90. The molecule has 0 radical (unpaired) electrons. The number of carbonyl (C=O) groups excluding carboxylic acids is 1. The van der Waals surface area contributed by atoms with Crippen molar-refractivity contribution in [1.82, 2.24) is 4.57 Å². The van der Waals surface area contributed by atoms with E-state index < -0.39 is 26.0 Å². The Hall–Kier alpha value is -2.58. The molecule has 4 atom stereocenters. The van der Waals surface area contributed by atoms with Crippen molar-refractivity contribution in [3.8, 4) is 0 Å². The monoisotopic (exact) mass is 488 g/mol. The van der Waals surface area contributed by atoms with E-state index in [-0.39, 0.29) is 30.5 Å². The van der Waals surface area contributed by atoms with Crippen LogP contribution in [0.2, 0.25) is 0 Å². The van der Waals surface area contributed by atoms with E-state index in [2.05, 4.69) is 6.08 Å². The van der Waals surface area contributed by atoms with Crippen molar-refractivity contribution in [3.05, 3.63) is 68.1 Å². The number of benzene rings is 1. The largest absolute Gasteiger partial charge is 0.458 e. The van der Waals surface area contributed by atoms with Crippen LogP contribution in [0, 0.1) is 5.92 Å². The van der Waals surface area contributed by atoms with Crippen molar-refractivity contribution in [2.24, 2.45) is 10.9 Å². The van der Waals surface area contributed by atoms with Crippen molar-refractivity contribution in [1.29, 1.82) is 0 Å². The minimum atomic E-state index is -3.81. The lowest BCUT2D eigenvalue weighted by atomic mass is 9.85. The first kappa shape index (κ1) is 24.5. The topological polar surface area (TPSA) is 116 Å². The zero-order valence-corrected chi connectivity index (χ0v) is 20.6. The third kappa shape index (κ3) is 4.07. The van der Waals surface area contributed by atoms with Crippen molar-refractivity contribution in [2.45, 2.75) is 52.0 Å². The predicted molar refractivity (Wildman–Crippen MR) is 125 cm³/mol. The molecular weight excluding hydrogens is 459 g/mol. The lowest BCUT2D eigenvalue weighted by molar-refractivity contribution is -0.191. The van der Waals surface area contributed by atoms with Crippen LogP contribution in [0.3, 0.4) is 0 Å². The first-order chi connectivity index (χ1) is 16.2. The molecule has 34 heavy (non-hydrogen) atoms. The molecule has 3 aliphatic heterocycles. The smallest absolute Gasteiger partial charge is 0.343 e. The Morgan fingerprint density at radius 3 is 2.74 bits per heavy atom. The summed E-state index contributed by atoms with van der Waals surface area (Å²) in [6.45, 7) is 6.50. The summed E-state index contributed by atoms with van der Waals surface area (Å²) in [7, 11) is -3.81. The molecule has 10 heteroatoms. The molecule has 5 rings (SSSR count). The van der Waals surface area contributed by atoms with E-state index in [0.717, 1.165) is 17.2 Å². The first-order valence-corrected chi connectivity index (χ1v) is 13.4. The first-order valence-electron chi connectivity index (χ1n) is 11.4. The second-order valence-electron chi connectivity index (χ2n) is 8.29. The molecule has 9 nitrogen and oxygen atoms in total. The van der Waals surface area contributed by atoms with Gasteiger partial charge >= 0.3 is 13.6 Å². The number of aromatic nitrogens is 1. The number of hydrogen-bond acceptors (Lipinski definition) is 7. The molecule has 0 aliphatic carbocycles. The molecule has 0 saturated heterocycles. The average molecular weight is 488 g/mol. The van der Waals surface area contributed by atoms with Gasteiger partial charge in [-0.15, -0.1) is 0 Å². The molecular formula is C24H29N2O7P. The van der Waals surface area contributed by atoms with Gasteiger partial charge in [0.2, 0.25) is 0 Å². The number of fused-ring (bicyclic) bond motifs is 5. The average Bonchev–Trinajstić information content (AvgIpc) is 3.17. The summed E-state index contributed by atoms with van der Waals surface area (Å²) >= 11 is 0. The molecule has 3 unspecified atom stereocenters. The van der Waals surface area contributed by atoms with E-state index in [9.17, 15) is 19.0 Å². The summed E-state index contributed by atoms with van der Waals surface area (Å²) in [4.78, 5) is 40.6. The van der Waals surface area contributed by atoms with Gasteiger partial charge in [-0.2, -0.15) is 0 Å². The minimum Gasteiger partial charge on any atom is -0.458 e. The normalized spacial score (nSPS) is 25.6. The van der Waals surface area contributed by atoms with Crippen LogP contribution >= 0.6 is 7.60 Å². The Kier molecular flexibility index (Phi) is 6.66. The van der Waals surface area contributed by atoms with Gasteiger partial charge in [-0.3, -0.25) is 18.9 Å². The van der Waals surface area contributed by atoms with Crippen LogP contribution in [0.15, 0.2) is 40.1 Å². The Labute approximate surface area is 197 Å². The molecule has 0 bridgehead atoms. The molecule has 1 N–H and O–H groups in total. The number of esters is 1. The van der Waals surface area contributed by atoms with Crippen molar-refractivity contribution >= 4 is 19.6 Å². The highest BCUT2D eigenvalue weighted by Gasteiger charge is 2.49. The molecule has 0 amide bonds. The summed E-state index contributed by atoms with van der Waals surface area (Å²) in [5.74, 6) is -0.630. The van der Waals surface area contributed by atoms with Gasteiger partial charge in [-0.25, -0.2) is 4.79 Å². The second-order valence-corrected chi connectivity index (χ2v) is 10.2. The van der Waals surface area contributed by atoms with E-state index in [0.29, 0.717) is 23.4 Å². The fraction of sp³-hybridized carbons (Fsp3) is 0.458. The number of cyclic esters (lactones) is 1. The van der Waals surface area contributed by atoms with Gasteiger partial charge in [0.05, 0.1) is 17.0 Å². The van der Waals surface area contributed by atoms with E-state index in [4.69, 9.17) is 19.0 Å². The second kappa shape index (κ2) is 9.23. The summed E-state index contributed by atoms with van der Waals surface area (Å²) in [6.07, 6.45) is 2.29. The molecule has 1 aromatic carbocycles. The van der Waals surface area contributed by atoms with Crippen molar-refractivity contribution in [2.75, 3.05) is 13.5 Å². The zero-order valence-electron chi connectivity index (χ0n) is 19.7. The molecule has 3 aliphatic rings. The Morgan fingerprint density at radius 1 is 1.29 bits per heavy atom. The molecule has 0 spiro atoms. The summed E-state index contributed by atoms with van der Waals surface area (Å²) in [5.41, 5.74) is -0.376. The van der Waals surface area contributed by atoms with Gasteiger partial charge in [0.25, 0.3) is 5.56 Å². The highest BCUT2D eigenvalue weighted by atomic mass is 31.2. The number of pyridine rings is 1. The molecule has 0 saturated carbocycles. The fourth-order valence-electron chi connectivity index (χ4n) is 4.77. The van der Waals surface area contributed by atoms with Crippen molar-refractivity contribution < 1.29 is 28.3 Å². The maximum Gasteiger partial charge on any atom is 0.343 e. The highest BCUT2D eigenvalue weighted by Crippen LogP contribution is 2.43. The van der Waals surface area contributed by atoms with Crippen LogP contribution in [0.1, 0.15) is 50.1 Å². The van der Waals surface area contributed by atoms with Crippen LogP contribution in [-0.2, 0) is 42.1 Å². The number of para-hydroxylation sites is 1. The Balaban J connectivity index is 0.00000133. The zero-order chi connectivity index (χ0) is 24.7. The van der Waals surface area contributed by atoms with Crippen LogP contribution in [0.25, 0.3) is 6.08 Å². The number of carbonyl (C=O) groups is 1. The molecule has 0 fully saturated rings. The molecule has 4 heterocycles. The number of rotatable bonds is 5. The van der Waals surface area contributed by atoms with Crippen LogP contribution < -0.4 is 16.1 Å². The number of nitrogens with zero attached hydrogens (tertiary/aromatic N) is 2. The third-order valence-electron chi connectivity index (χ3n) is 6.35. The predicted octanol–water partition coefficient (Wildman–Crippen LogP) is 2.13. The van der Waals surface area contributed by atoms with Gasteiger partial charge in [-0.1, -0.05) is 45.0 Å². The molecule has 182 valence electrons. The fourth-order valence-corrected chi connectivity index (χ4v) is 5.01. The van der Waals surface area contributed by atoms with Gasteiger partial charge in [0, 0.05) is 30.4 Å². The quantitative estimate of drug-likeness (QED) is 0.389. The Morgan fingerprint density at radius 2 is 2.03 bits per heavy atom. The lowest BCUT2D eigenvalue weighted by Crippen LogP contribution is -2.46. The van der Waals surface area contributed by atoms with Gasteiger partial charge < -0.3 is 18.9 Å². The van der Waals surface area contributed by atoms with E-state index >= 15 is 0 Å². The highest BCUT2D eigenvalue weighted by molar-refractivity contribution is 7.51. The number of hydrogen-bond donors (Lipinski definition) is 1. The van der Waals surface area contributed by atoms with Gasteiger partial charge in [0.1, 0.15) is 6.61 Å². The summed E-state index contributed by atoms with van der Waals surface area (Å²) < 4.78 is 29.1. The van der Waals surface area contributed by atoms with E-state index in [1.807, 2.05) is 38.1 Å². The Bertz CT molecular complexity index is 1350. The van der Waals surface area contributed by atoms with Crippen molar-refractivity contribution in [3.63, 3.8) is 0 Å². The van der Waals surface area contributed by atoms with E-state index in [1.165, 1.54) is 0 Å². The maximum atomic E-state index is 13.4. The standard InChI is InChI=1S/C22H23N2O7P.C2H6/c1-3-22(30-12-31-32(2,27)28)16-9-18-19-14(8-13-6-4-5-7-17(13)23-19)10-24(18)20(25)15(16)11-29-21(22)26;1-2/h4-9,14,19H,3,10-12H2,1-2H3,(H,27,28);1-2H3/t14?,19?,22-;/m0./s1. The third-order valence-corrected chi connectivity index (χ3v) is 6.94. The van der Waals surface area contributed by atoms with Crippen LogP contribution in [0.5, 0.6) is 0 Å². The maximum absolute atomic E-state index is 13.4. The van der Waals surface area contributed by atoms with Gasteiger partial charge in [0.15, 0.2) is 12.4 Å². The molecule has 1 aromatic heterocycles. The van der Waals surface area contributed by atoms with E-state index in [1.54, 1.807) is 17.6 Å².